The van der Waals surface area contributed by atoms with Crippen LogP contribution in [0.4, 0.5) is 8.78 Å². The molecule has 2 atom stereocenters. The molecule has 2 unspecified atom stereocenters. The van der Waals surface area contributed by atoms with Gasteiger partial charge in [-0.2, -0.15) is 0 Å². The summed E-state index contributed by atoms with van der Waals surface area (Å²) < 4.78 is 27.2. The fraction of sp³-hybridized carbons (Fsp3) is 0.647. The van der Waals surface area contributed by atoms with Gasteiger partial charge < -0.3 is 5.32 Å². The van der Waals surface area contributed by atoms with Crippen molar-refractivity contribution in [3.8, 4) is 0 Å². The van der Waals surface area contributed by atoms with Crippen molar-refractivity contribution in [1.82, 2.24) is 5.32 Å². The van der Waals surface area contributed by atoms with Gasteiger partial charge in [0.05, 0.1) is 0 Å². The van der Waals surface area contributed by atoms with Crippen LogP contribution >= 0.6 is 0 Å². The van der Waals surface area contributed by atoms with Gasteiger partial charge in [0.15, 0.2) is 11.6 Å². The molecule has 0 bridgehead atoms. The van der Waals surface area contributed by atoms with E-state index < -0.39 is 11.6 Å². The summed E-state index contributed by atoms with van der Waals surface area (Å²) in [4.78, 5) is 0. The number of halogens is 2. The van der Waals surface area contributed by atoms with Crippen LogP contribution in [0.25, 0.3) is 0 Å². The molecular weight excluding hydrogens is 256 g/mol. The van der Waals surface area contributed by atoms with E-state index in [0.717, 1.165) is 25.8 Å². The highest BCUT2D eigenvalue weighted by Gasteiger charge is 2.24. The molecule has 20 heavy (non-hydrogen) atoms. The highest BCUT2D eigenvalue weighted by Crippen LogP contribution is 2.28. The van der Waals surface area contributed by atoms with Crippen LogP contribution in [-0.2, 0) is 6.42 Å². The second-order valence-electron chi connectivity index (χ2n) is 5.88. The van der Waals surface area contributed by atoms with Crippen molar-refractivity contribution < 1.29 is 8.78 Å². The molecule has 0 spiro atoms. The summed E-state index contributed by atoms with van der Waals surface area (Å²) in [6, 6.07) is 4.97. The normalized spacial score (nSPS) is 23.6. The van der Waals surface area contributed by atoms with E-state index >= 15 is 0 Å². The van der Waals surface area contributed by atoms with Gasteiger partial charge in [-0.05, 0) is 49.8 Å². The highest BCUT2D eigenvalue weighted by atomic mass is 19.2. The molecule has 1 N–H and O–H groups in total. The third kappa shape index (κ3) is 4.02. The molecule has 1 aliphatic rings. The molecule has 2 rings (SSSR count). The second-order valence-corrected chi connectivity index (χ2v) is 5.88. The highest BCUT2D eigenvalue weighted by molar-refractivity contribution is 5.19. The minimum Gasteiger partial charge on any atom is -0.314 e. The number of rotatable bonds is 5. The van der Waals surface area contributed by atoms with Crippen LogP contribution in [0.2, 0.25) is 0 Å². The number of hydrogen-bond donors (Lipinski definition) is 1. The maximum atomic E-state index is 13.8. The van der Waals surface area contributed by atoms with Crippen LogP contribution in [0.1, 0.15) is 51.0 Å². The fourth-order valence-corrected chi connectivity index (χ4v) is 3.22. The molecule has 3 heteroatoms. The smallest absolute Gasteiger partial charge is 0.162 e. The third-order valence-electron chi connectivity index (χ3n) is 4.33. The summed E-state index contributed by atoms with van der Waals surface area (Å²) in [6.07, 6.45) is 7.71. The molecule has 0 radical (unpaired) electrons. The fourth-order valence-electron chi connectivity index (χ4n) is 3.22. The Balaban J connectivity index is 2.08. The minimum atomic E-state index is -0.728. The van der Waals surface area contributed by atoms with Gasteiger partial charge in [-0.25, -0.2) is 8.78 Å². The zero-order valence-corrected chi connectivity index (χ0v) is 12.3. The molecular formula is C17H25F2N. The van der Waals surface area contributed by atoms with Crippen LogP contribution in [0.3, 0.4) is 0 Å². The molecule has 1 saturated carbocycles. The van der Waals surface area contributed by atoms with Crippen molar-refractivity contribution >= 4 is 0 Å². The molecule has 0 saturated heterocycles. The van der Waals surface area contributed by atoms with Gasteiger partial charge in [-0.1, -0.05) is 38.3 Å². The van der Waals surface area contributed by atoms with Gasteiger partial charge in [-0.3, -0.25) is 0 Å². The second kappa shape index (κ2) is 7.72. The molecule has 1 fully saturated rings. The molecule has 1 aromatic rings. The van der Waals surface area contributed by atoms with Crippen molar-refractivity contribution in [2.24, 2.45) is 5.92 Å². The van der Waals surface area contributed by atoms with E-state index in [0.29, 0.717) is 23.9 Å². The van der Waals surface area contributed by atoms with Crippen molar-refractivity contribution in [2.45, 2.75) is 57.9 Å². The van der Waals surface area contributed by atoms with E-state index in [-0.39, 0.29) is 0 Å². The maximum absolute atomic E-state index is 13.8. The lowest BCUT2D eigenvalue weighted by Crippen LogP contribution is -2.37. The van der Waals surface area contributed by atoms with E-state index in [1.165, 1.54) is 25.3 Å². The average Bonchev–Trinajstić information content (AvgIpc) is 2.67. The third-order valence-corrected chi connectivity index (χ3v) is 4.33. The van der Waals surface area contributed by atoms with Crippen LogP contribution < -0.4 is 5.32 Å². The summed E-state index contributed by atoms with van der Waals surface area (Å²) >= 11 is 0. The van der Waals surface area contributed by atoms with Gasteiger partial charge in [0, 0.05) is 6.04 Å². The number of benzene rings is 1. The molecule has 1 aromatic carbocycles. The summed E-state index contributed by atoms with van der Waals surface area (Å²) in [5.74, 6) is -0.972. The van der Waals surface area contributed by atoms with E-state index in [4.69, 9.17) is 0 Å². The first kappa shape index (κ1) is 15.4. The molecule has 1 nitrogen and oxygen atoms in total. The van der Waals surface area contributed by atoms with Crippen molar-refractivity contribution in [3.05, 3.63) is 35.4 Å². The molecule has 1 aliphatic carbocycles. The van der Waals surface area contributed by atoms with E-state index in [1.54, 1.807) is 12.1 Å². The first-order chi connectivity index (χ1) is 9.72. The molecule has 0 amide bonds. The Hall–Kier alpha value is -0.960. The van der Waals surface area contributed by atoms with Crippen molar-refractivity contribution in [2.75, 3.05) is 6.54 Å². The quantitative estimate of drug-likeness (QED) is 0.786. The van der Waals surface area contributed by atoms with E-state index in [2.05, 4.69) is 12.2 Å². The largest absolute Gasteiger partial charge is 0.314 e. The summed E-state index contributed by atoms with van der Waals surface area (Å²) in [5, 5.41) is 3.60. The lowest BCUT2D eigenvalue weighted by atomic mass is 9.88. The zero-order chi connectivity index (χ0) is 14.4. The lowest BCUT2D eigenvalue weighted by Gasteiger charge is -2.26. The van der Waals surface area contributed by atoms with Crippen LogP contribution in [0.5, 0.6) is 0 Å². The predicted octanol–water partition coefficient (Wildman–Crippen LogP) is 4.46. The first-order valence-electron chi connectivity index (χ1n) is 7.88. The summed E-state index contributed by atoms with van der Waals surface area (Å²) in [7, 11) is 0. The van der Waals surface area contributed by atoms with Gasteiger partial charge in [0.25, 0.3) is 0 Å². The monoisotopic (exact) mass is 281 g/mol. The first-order valence-corrected chi connectivity index (χ1v) is 7.88. The molecule has 0 aromatic heterocycles. The summed E-state index contributed by atoms with van der Waals surface area (Å²) in [5.41, 5.74) is 0.528. The Bertz CT molecular complexity index is 419. The zero-order valence-electron chi connectivity index (χ0n) is 12.3. The van der Waals surface area contributed by atoms with Gasteiger partial charge in [0.1, 0.15) is 0 Å². The Morgan fingerprint density at radius 1 is 1.15 bits per heavy atom. The van der Waals surface area contributed by atoms with Crippen LogP contribution in [0.15, 0.2) is 18.2 Å². The van der Waals surface area contributed by atoms with Gasteiger partial charge in [0.2, 0.25) is 0 Å². The average molecular weight is 281 g/mol. The van der Waals surface area contributed by atoms with Crippen molar-refractivity contribution in [1.29, 1.82) is 0 Å². The lowest BCUT2D eigenvalue weighted by molar-refractivity contribution is 0.328. The Labute approximate surface area is 120 Å². The Kier molecular flexibility index (Phi) is 5.96. The summed E-state index contributed by atoms with van der Waals surface area (Å²) in [6.45, 7) is 3.16. The van der Waals surface area contributed by atoms with Gasteiger partial charge in [-0.15, -0.1) is 0 Å². The van der Waals surface area contributed by atoms with Crippen LogP contribution in [0, 0.1) is 17.6 Å². The topological polar surface area (TPSA) is 12.0 Å². The Morgan fingerprint density at radius 2 is 1.95 bits per heavy atom. The molecule has 112 valence electrons. The minimum absolute atomic E-state index is 0.417. The number of nitrogens with one attached hydrogen (secondary N) is 1. The maximum Gasteiger partial charge on any atom is 0.162 e. The van der Waals surface area contributed by atoms with E-state index in [9.17, 15) is 8.78 Å². The van der Waals surface area contributed by atoms with Crippen LogP contribution in [-0.4, -0.2) is 12.6 Å². The predicted molar refractivity (Wildman–Crippen MR) is 78.7 cm³/mol. The van der Waals surface area contributed by atoms with Crippen molar-refractivity contribution in [3.63, 3.8) is 0 Å². The van der Waals surface area contributed by atoms with E-state index in [1.807, 2.05) is 0 Å². The Morgan fingerprint density at radius 3 is 2.75 bits per heavy atom. The molecule has 0 heterocycles. The SMILES string of the molecule is CCCNC1CCCCCC1Cc1cccc(F)c1F. The molecule has 0 aliphatic heterocycles. The van der Waals surface area contributed by atoms with Gasteiger partial charge >= 0.3 is 0 Å². The standard InChI is InChI=1S/C17H25F2N/c1-2-11-20-16-10-5-3-4-7-13(16)12-14-8-6-9-15(18)17(14)19/h6,8-9,13,16,20H,2-5,7,10-12H2,1H3. The number of hydrogen-bond acceptors (Lipinski definition) is 1.